The minimum atomic E-state index is -4.44. The van der Waals surface area contributed by atoms with Crippen molar-refractivity contribution in [3.63, 3.8) is 0 Å². The number of benzene rings is 1. The summed E-state index contributed by atoms with van der Waals surface area (Å²) in [6.07, 6.45) is -3.17. The Morgan fingerprint density at radius 1 is 1.35 bits per heavy atom. The summed E-state index contributed by atoms with van der Waals surface area (Å²) in [6.45, 7) is 1.92. The van der Waals surface area contributed by atoms with Crippen molar-refractivity contribution < 1.29 is 18.0 Å². The van der Waals surface area contributed by atoms with Crippen molar-refractivity contribution in [3.8, 4) is 0 Å². The van der Waals surface area contributed by atoms with Crippen LogP contribution < -0.4 is 0 Å². The molecule has 0 radical (unpaired) electrons. The summed E-state index contributed by atoms with van der Waals surface area (Å²) in [5.74, 6) is -0.696. The van der Waals surface area contributed by atoms with Crippen molar-refractivity contribution in [1.29, 1.82) is 0 Å². The molecule has 0 aliphatic heterocycles. The molecule has 6 heteroatoms. The topological polar surface area (TPSA) is 36.1 Å². The molecule has 1 aromatic heterocycles. The Morgan fingerprint density at radius 2 is 2.05 bits per heavy atom. The second kappa shape index (κ2) is 5.40. The Kier molecular flexibility index (Phi) is 3.83. The van der Waals surface area contributed by atoms with Crippen LogP contribution in [0.15, 0.2) is 43.0 Å². The second-order valence-electron chi connectivity index (χ2n) is 4.36. The van der Waals surface area contributed by atoms with Crippen molar-refractivity contribution in [1.82, 2.24) is 9.88 Å². The number of amides is 1. The molecule has 1 aromatic carbocycles. The Hall–Kier alpha value is -2.24. The average molecular weight is 282 g/mol. The fourth-order valence-electron chi connectivity index (χ4n) is 1.95. The number of carbonyl (C=O) groups excluding carboxylic acids is 1. The molecule has 0 spiro atoms. The number of nitrogens with one attached hydrogen (secondary N) is 1. The maximum absolute atomic E-state index is 12.5. The standard InChI is InChI=1S/C14H13F3N2O/c1-2-7-19(9-14(15,16)17)13(20)12-8-10-5-3-4-6-11(10)18-12/h2-6,8,18H,1,7,9H2. The number of H-pyrrole nitrogens is 1. The van der Waals surface area contributed by atoms with E-state index in [0.29, 0.717) is 10.4 Å². The third-order valence-corrected chi connectivity index (χ3v) is 2.77. The van der Waals surface area contributed by atoms with Gasteiger partial charge in [-0.15, -0.1) is 6.58 Å². The molecule has 1 N–H and O–H groups in total. The Bertz CT molecular complexity index is 598. The number of aromatic amines is 1. The lowest BCUT2D eigenvalue weighted by Gasteiger charge is -2.21. The Morgan fingerprint density at radius 3 is 2.65 bits per heavy atom. The smallest absolute Gasteiger partial charge is 0.351 e. The first kappa shape index (κ1) is 14.2. The van der Waals surface area contributed by atoms with Crippen molar-refractivity contribution in [2.75, 3.05) is 13.1 Å². The van der Waals surface area contributed by atoms with E-state index in [-0.39, 0.29) is 12.2 Å². The van der Waals surface area contributed by atoms with Gasteiger partial charge in [-0.05, 0) is 12.1 Å². The number of hydrogen-bond acceptors (Lipinski definition) is 1. The number of alkyl halides is 3. The Labute approximate surface area is 113 Å². The van der Waals surface area contributed by atoms with Crippen molar-refractivity contribution in [2.24, 2.45) is 0 Å². The van der Waals surface area contributed by atoms with E-state index in [1.165, 1.54) is 6.08 Å². The van der Waals surface area contributed by atoms with Gasteiger partial charge in [0.05, 0.1) is 0 Å². The highest BCUT2D eigenvalue weighted by molar-refractivity contribution is 5.98. The number of fused-ring (bicyclic) bond motifs is 1. The van der Waals surface area contributed by atoms with Gasteiger partial charge in [0, 0.05) is 17.4 Å². The summed E-state index contributed by atoms with van der Waals surface area (Å²) < 4.78 is 37.4. The SMILES string of the molecule is C=CCN(CC(F)(F)F)C(=O)c1cc2ccccc2[nH]1. The van der Waals surface area contributed by atoms with Gasteiger partial charge in [0.25, 0.3) is 5.91 Å². The van der Waals surface area contributed by atoms with Crippen LogP contribution in [-0.4, -0.2) is 35.1 Å². The molecule has 106 valence electrons. The summed E-state index contributed by atoms with van der Waals surface area (Å²) in [6, 6.07) is 8.66. The molecule has 1 amide bonds. The number of aromatic nitrogens is 1. The van der Waals surface area contributed by atoms with E-state index in [2.05, 4.69) is 11.6 Å². The highest BCUT2D eigenvalue weighted by atomic mass is 19.4. The van der Waals surface area contributed by atoms with Crippen LogP contribution in [0.5, 0.6) is 0 Å². The second-order valence-corrected chi connectivity index (χ2v) is 4.36. The summed E-state index contributed by atoms with van der Waals surface area (Å²) in [7, 11) is 0. The Balaban J connectivity index is 2.28. The molecule has 0 saturated carbocycles. The highest BCUT2D eigenvalue weighted by Crippen LogP contribution is 2.20. The number of rotatable bonds is 4. The maximum Gasteiger partial charge on any atom is 0.406 e. The fourth-order valence-corrected chi connectivity index (χ4v) is 1.95. The lowest BCUT2D eigenvalue weighted by Crippen LogP contribution is -2.39. The van der Waals surface area contributed by atoms with E-state index in [4.69, 9.17) is 0 Å². The molecule has 0 bridgehead atoms. The van der Waals surface area contributed by atoms with Crippen molar-refractivity contribution in [2.45, 2.75) is 6.18 Å². The predicted molar refractivity (Wildman–Crippen MR) is 70.5 cm³/mol. The third kappa shape index (κ3) is 3.20. The van der Waals surface area contributed by atoms with Gasteiger partial charge < -0.3 is 9.88 Å². The first-order chi connectivity index (χ1) is 9.40. The van der Waals surface area contributed by atoms with E-state index in [0.717, 1.165) is 5.39 Å². The number of para-hydroxylation sites is 1. The highest BCUT2D eigenvalue weighted by Gasteiger charge is 2.33. The van der Waals surface area contributed by atoms with Crippen LogP contribution in [0, 0.1) is 0 Å². The van der Waals surface area contributed by atoms with Crippen LogP contribution in [0.3, 0.4) is 0 Å². The molecule has 0 fully saturated rings. The molecule has 2 aromatic rings. The predicted octanol–water partition coefficient (Wildman–Crippen LogP) is 3.36. The first-order valence-electron chi connectivity index (χ1n) is 5.95. The first-order valence-corrected chi connectivity index (χ1v) is 5.95. The monoisotopic (exact) mass is 282 g/mol. The molecule has 1 heterocycles. The number of halogens is 3. The quantitative estimate of drug-likeness (QED) is 0.858. The molecule has 3 nitrogen and oxygen atoms in total. The largest absolute Gasteiger partial charge is 0.406 e. The van der Waals surface area contributed by atoms with Gasteiger partial charge in [-0.25, -0.2) is 0 Å². The minimum Gasteiger partial charge on any atom is -0.351 e. The molecule has 0 aliphatic rings. The van der Waals surface area contributed by atoms with Crippen LogP contribution in [0.1, 0.15) is 10.5 Å². The van der Waals surface area contributed by atoms with Crippen molar-refractivity contribution >= 4 is 16.8 Å². The van der Waals surface area contributed by atoms with Crippen LogP contribution in [-0.2, 0) is 0 Å². The van der Waals surface area contributed by atoms with Gasteiger partial charge in [-0.3, -0.25) is 4.79 Å². The summed E-state index contributed by atoms with van der Waals surface area (Å²) in [4.78, 5) is 15.7. The molecule has 0 saturated heterocycles. The molecule has 20 heavy (non-hydrogen) atoms. The number of hydrogen-bond donors (Lipinski definition) is 1. The molecule has 0 aliphatic carbocycles. The van der Waals surface area contributed by atoms with Crippen LogP contribution >= 0.6 is 0 Å². The van der Waals surface area contributed by atoms with E-state index >= 15 is 0 Å². The normalized spacial score (nSPS) is 11.6. The summed E-state index contributed by atoms with van der Waals surface area (Å²) in [5, 5.41) is 0.779. The zero-order chi connectivity index (χ0) is 14.8. The molecular weight excluding hydrogens is 269 g/mol. The van der Waals surface area contributed by atoms with Crippen LogP contribution in [0.2, 0.25) is 0 Å². The van der Waals surface area contributed by atoms with Gasteiger partial charge in [0.1, 0.15) is 12.2 Å². The number of nitrogens with zero attached hydrogens (tertiary/aromatic N) is 1. The molecule has 0 atom stereocenters. The van der Waals surface area contributed by atoms with Crippen molar-refractivity contribution in [3.05, 3.63) is 48.7 Å². The van der Waals surface area contributed by atoms with Gasteiger partial charge in [-0.2, -0.15) is 13.2 Å². The summed E-state index contributed by atoms with van der Waals surface area (Å²) in [5.41, 5.74) is 0.846. The van der Waals surface area contributed by atoms with Gasteiger partial charge in [0.2, 0.25) is 0 Å². The average Bonchev–Trinajstić information content (AvgIpc) is 2.79. The van der Waals surface area contributed by atoms with Gasteiger partial charge in [0.15, 0.2) is 0 Å². The zero-order valence-electron chi connectivity index (χ0n) is 10.6. The number of carbonyl (C=O) groups is 1. The third-order valence-electron chi connectivity index (χ3n) is 2.77. The maximum atomic E-state index is 12.5. The van der Waals surface area contributed by atoms with E-state index in [9.17, 15) is 18.0 Å². The zero-order valence-corrected chi connectivity index (χ0v) is 10.6. The van der Waals surface area contributed by atoms with E-state index in [1.54, 1.807) is 30.3 Å². The molecule has 2 rings (SSSR count). The van der Waals surface area contributed by atoms with Crippen LogP contribution in [0.4, 0.5) is 13.2 Å². The van der Waals surface area contributed by atoms with Crippen LogP contribution in [0.25, 0.3) is 10.9 Å². The van der Waals surface area contributed by atoms with E-state index in [1.807, 2.05) is 0 Å². The lowest BCUT2D eigenvalue weighted by molar-refractivity contribution is -0.139. The lowest BCUT2D eigenvalue weighted by atomic mass is 10.2. The minimum absolute atomic E-state index is 0.136. The van der Waals surface area contributed by atoms with Gasteiger partial charge >= 0.3 is 6.18 Å². The van der Waals surface area contributed by atoms with E-state index < -0.39 is 18.6 Å². The molecular formula is C14H13F3N2O. The fraction of sp³-hybridized carbons (Fsp3) is 0.214. The molecule has 0 unspecified atom stereocenters. The van der Waals surface area contributed by atoms with Gasteiger partial charge in [-0.1, -0.05) is 24.3 Å². The summed E-state index contributed by atoms with van der Waals surface area (Å²) >= 11 is 0.